The Kier molecular flexibility index (Phi) is 8.11. The van der Waals surface area contributed by atoms with Gasteiger partial charge in [0, 0.05) is 30.4 Å². The maximum Gasteiger partial charge on any atom is 0.205 e. The number of hydrogen-bond acceptors (Lipinski definition) is 3. The predicted molar refractivity (Wildman–Crippen MR) is 230 cm³/mol. The highest BCUT2D eigenvalue weighted by atomic mass is 14.7. The third kappa shape index (κ3) is 5.51. The van der Waals surface area contributed by atoms with Gasteiger partial charge in [0.1, 0.15) is 6.07 Å². The van der Waals surface area contributed by atoms with Crippen LogP contribution in [0.15, 0.2) is 195 Å². The Balaban J connectivity index is 1.20. The lowest BCUT2D eigenvalue weighted by Gasteiger charge is -2.34. The lowest BCUT2D eigenvalue weighted by Crippen LogP contribution is -2.28. The molecule has 2 heterocycles. The molecule has 0 amide bonds. The van der Waals surface area contributed by atoms with Gasteiger partial charge in [0.25, 0.3) is 0 Å². The van der Waals surface area contributed by atoms with Crippen LogP contribution in [0.3, 0.4) is 0 Å². The van der Waals surface area contributed by atoms with Gasteiger partial charge in [-0.1, -0.05) is 146 Å². The number of nitriles is 1. The second-order valence-electron chi connectivity index (χ2n) is 14.4. The number of rotatable bonds is 6. The molecule has 0 radical (unpaired) electrons. The minimum Gasteiger partial charge on any atom is -0.276 e. The number of hydrogen-bond donors (Lipinski definition) is 0. The van der Waals surface area contributed by atoms with Crippen molar-refractivity contribution in [3.05, 3.63) is 234 Å². The number of fused-ring (bicyclic) bond motifs is 5. The summed E-state index contributed by atoms with van der Waals surface area (Å²) in [6.45, 7) is 7.47. The molecule has 2 aromatic heterocycles. The molecular formula is C53H32N4. The number of benzene rings is 7. The third-order valence-corrected chi connectivity index (χ3v) is 11.4. The Morgan fingerprint density at radius 1 is 0.456 bits per heavy atom. The zero-order valence-corrected chi connectivity index (χ0v) is 30.8. The summed E-state index contributed by atoms with van der Waals surface area (Å²) in [6.07, 6.45) is 6.80. The van der Waals surface area contributed by atoms with Crippen molar-refractivity contribution in [1.82, 2.24) is 9.97 Å². The van der Waals surface area contributed by atoms with E-state index in [4.69, 9.17) is 6.57 Å². The van der Waals surface area contributed by atoms with Crippen LogP contribution < -0.4 is 0 Å². The van der Waals surface area contributed by atoms with Crippen molar-refractivity contribution in [3.8, 4) is 61.7 Å². The molecule has 4 heteroatoms. The van der Waals surface area contributed by atoms with Gasteiger partial charge in [-0.25, -0.2) is 4.85 Å². The van der Waals surface area contributed by atoms with Crippen LogP contribution in [-0.4, -0.2) is 9.97 Å². The molecule has 0 spiro atoms. The fourth-order valence-electron chi connectivity index (χ4n) is 8.77. The minimum absolute atomic E-state index is 0.527. The quantitative estimate of drug-likeness (QED) is 0.160. The van der Waals surface area contributed by atoms with Gasteiger partial charge in [0.05, 0.1) is 17.6 Å². The SMILES string of the molecule is [C-]#[N+]c1cncc(-c2ccc(-c3cc4c(c5ccccc35)-c3ccc(-c5ccc(-c6cncc(C#N)c6)cc5)cc3C4(c3ccccc3)c3ccccc3)cc2)c1. The molecule has 57 heavy (non-hydrogen) atoms. The van der Waals surface area contributed by atoms with E-state index < -0.39 is 5.41 Å². The van der Waals surface area contributed by atoms with E-state index >= 15 is 0 Å². The summed E-state index contributed by atoms with van der Waals surface area (Å²) in [7, 11) is 0. The van der Waals surface area contributed by atoms with Gasteiger partial charge in [0.15, 0.2) is 0 Å². The first-order valence-corrected chi connectivity index (χ1v) is 18.9. The molecule has 0 unspecified atom stereocenters. The highest BCUT2D eigenvalue weighted by molar-refractivity contribution is 6.10. The summed E-state index contributed by atoms with van der Waals surface area (Å²) in [5.74, 6) is 0. The topological polar surface area (TPSA) is 53.9 Å². The van der Waals surface area contributed by atoms with Crippen molar-refractivity contribution in [2.24, 2.45) is 0 Å². The zero-order valence-electron chi connectivity index (χ0n) is 30.8. The van der Waals surface area contributed by atoms with Crippen molar-refractivity contribution >= 4 is 16.5 Å². The maximum absolute atomic E-state index is 9.45. The molecule has 1 aliphatic rings. The van der Waals surface area contributed by atoms with Gasteiger partial charge in [-0.05, 0) is 107 Å². The van der Waals surface area contributed by atoms with Crippen molar-refractivity contribution in [2.45, 2.75) is 5.41 Å². The molecule has 0 N–H and O–H groups in total. The highest BCUT2D eigenvalue weighted by Crippen LogP contribution is 2.59. The van der Waals surface area contributed by atoms with Crippen LogP contribution >= 0.6 is 0 Å². The van der Waals surface area contributed by atoms with E-state index in [2.05, 4.69) is 179 Å². The Bertz CT molecular complexity index is 3020. The molecule has 0 fully saturated rings. The Hall–Kier alpha value is -7.92. The number of pyridine rings is 2. The second kappa shape index (κ2) is 13.7. The lowest BCUT2D eigenvalue weighted by molar-refractivity contribution is 0.769. The Morgan fingerprint density at radius 3 is 1.63 bits per heavy atom. The average molecular weight is 725 g/mol. The van der Waals surface area contributed by atoms with Crippen LogP contribution in [0.5, 0.6) is 0 Å². The van der Waals surface area contributed by atoms with Gasteiger partial charge >= 0.3 is 0 Å². The van der Waals surface area contributed by atoms with E-state index in [-0.39, 0.29) is 0 Å². The van der Waals surface area contributed by atoms with Gasteiger partial charge in [-0.3, -0.25) is 9.97 Å². The molecule has 0 saturated heterocycles. The lowest BCUT2D eigenvalue weighted by atomic mass is 9.67. The first-order valence-electron chi connectivity index (χ1n) is 18.9. The fraction of sp³-hybridized carbons (Fsp3) is 0.0189. The van der Waals surface area contributed by atoms with E-state index in [1.807, 2.05) is 18.3 Å². The summed E-state index contributed by atoms with van der Waals surface area (Å²) >= 11 is 0. The van der Waals surface area contributed by atoms with Crippen molar-refractivity contribution in [1.29, 1.82) is 5.26 Å². The molecule has 10 rings (SSSR count). The normalized spacial score (nSPS) is 12.3. The standard InChI is InChI=1S/C53H32N4/c1-55-45-27-42(33-57-34-45)38-20-22-39(23-21-38)49-29-51-52(47-15-9-8-14-46(47)49)48-25-24-40(36-16-18-37(19-17-36)41-26-35(30-54)31-56-32-41)28-50(48)53(51,43-10-4-2-5-11-43)44-12-6-3-7-13-44/h2-29,31-34H. The first kappa shape index (κ1) is 33.6. The average Bonchev–Trinajstić information content (AvgIpc) is 3.60. The van der Waals surface area contributed by atoms with Crippen LogP contribution in [0.4, 0.5) is 5.69 Å². The van der Waals surface area contributed by atoms with Crippen LogP contribution in [0.2, 0.25) is 0 Å². The molecule has 0 bridgehead atoms. The first-order chi connectivity index (χ1) is 28.1. The largest absolute Gasteiger partial charge is 0.276 e. The molecular weight excluding hydrogens is 693 g/mol. The minimum atomic E-state index is -0.614. The van der Waals surface area contributed by atoms with E-state index in [1.165, 1.54) is 49.7 Å². The van der Waals surface area contributed by atoms with Crippen molar-refractivity contribution < 1.29 is 0 Å². The van der Waals surface area contributed by atoms with Gasteiger partial charge in [0.2, 0.25) is 5.69 Å². The van der Waals surface area contributed by atoms with Crippen LogP contribution in [-0.2, 0) is 5.41 Å². The monoisotopic (exact) mass is 724 g/mol. The fourth-order valence-corrected chi connectivity index (χ4v) is 8.77. The van der Waals surface area contributed by atoms with Crippen LogP contribution in [0.1, 0.15) is 27.8 Å². The third-order valence-electron chi connectivity index (χ3n) is 11.4. The number of nitrogens with zero attached hydrogens (tertiary/aromatic N) is 4. The molecule has 0 saturated carbocycles. The predicted octanol–water partition coefficient (Wildman–Crippen LogP) is 13.1. The van der Waals surface area contributed by atoms with E-state index in [1.54, 1.807) is 18.6 Å². The Labute approximate surface area is 331 Å². The van der Waals surface area contributed by atoms with Gasteiger partial charge in [-0.2, -0.15) is 5.26 Å². The van der Waals surface area contributed by atoms with Crippen molar-refractivity contribution in [2.75, 3.05) is 0 Å². The summed E-state index contributed by atoms with van der Waals surface area (Å²) in [6, 6.07) is 63.2. The molecule has 1 aliphatic carbocycles. The van der Waals surface area contributed by atoms with Crippen LogP contribution in [0.25, 0.3) is 71.3 Å². The molecule has 9 aromatic rings. The molecule has 7 aromatic carbocycles. The van der Waals surface area contributed by atoms with Gasteiger partial charge in [-0.15, -0.1) is 0 Å². The summed E-state index contributed by atoms with van der Waals surface area (Å²) in [5.41, 5.74) is 16.2. The molecule has 264 valence electrons. The van der Waals surface area contributed by atoms with Crippen LogP contribution in [0, 0.1) is 17.9 Å². The summed E-state index contributed by atoms with van der Waals surface area (Å²) < 4.78 is 0. The molecule has 0 aliphatic heterocycles. The van der Waals surface area contributed by atoms with Gasteiger partial charge < -0.3 is 0 Å². The zero-order chi connectivity index (χ0) is 38.3. The van der Waals surface area contributed by atoms with E-state index in [0.717, 1.165) is 38.9 Å². The smallest absolute Gasteiger partial charge is 0.205 e. The molecule has 0 atom stereocenters. The highest BCUT2D eigenvalue weighted by Gasteiger charge is 2.47. The Morgan fingerprint density at radius 2 is 1.00 bits per heavy atom. The maximum atomic E-state index is 9.45. The van der Waals surface area contributed by atoms with E-state index in [9.17, 15) is 5.26 Å². The van der Waals surface area contributed by atoms with Crippen molar-refractivity contribution in [3.63, 3.8) is 0 Å². The summed E-state index contributed by atoms with van der Waals surface area (Å²) in [5, 5.41) is 11.9. The number of aromatic nitrogens is 2. The summed E-state index contributed by atoms with van der Waals surface area (Å²) in [4.78, 5) is 12.2. The second-order valence-corrected chi connectivity index (χ2v) is 14.4. The van der Waals surface area contributed by atoms with E-state index in [0.29, 0.717) is 11.3 Å². The molecule has 4 nitrogen and oxygen atoms in total.